The van der Waals surface area contributed by atoms with Crippen molar-refractivity contribution in [3.63, 3.8) is 0 Å². The molecular weight excluding hydrogens is 326 g/mol. The fourth-order valence-electron chi connectivity index (χ4n) is 3.41. The molecule has 2 nitrogen and oxygen atoms in total. The Bertz CT molecular complexity index is 650. The fourth-order valence-corrected chi connectivity index (χ4v) is 4.48. The highest BCUT2D eigenvalue weighted by Gasteiger charge is 2.24. The maximum absolute atomic E-state index is 12.9. The molecule has 1 unspecified atom stereocenters. The molecule has 1 saturated carbocycles. The van der Waals surface area contributed by atoms with E-state index in [9.17, 15) is 4.79 Å². The minimum atomic E-state index is -0.203. The Morgan fingerprint density at radius 3 is 2.24 bits per heavy atom. The van der Waals surface area contributed by atoms with Gasteiger partial charge in [0.15, 0.2) is 0 Å². The van der Waals surface area contributed by atoms with E-state index in [-0.39, 0.29) is 11.2 Å². The van der Waals surface area contributed by atoms with Gasteiger partial charge in [0, 0.05) is 11.4 Å². The summed E-state index contributed by atoms with van der Waals surface area (Å²) in [6.07, 6.45) is 5.06. The highest BCUT2D eigenvalue weighted by molar-refractivity contribution is 8.00. The van der Waals surface area contributed by atoms with E-state index in [0.29, 0.717) is 5.92 Å². The summed E-state index contributed by atoms with van der Waals surface area (Å²) in [6.45, 7) is 3.14. The molecule has 1 fully saturated rings. The topological polar surface area (TPSA) is 29.1 Å². The van der Waals surface area contributed by atoms with Crippen LogP contribution >= 0.6 is 11.8 Å². The van der Waals surface area contributed by atoms with Crippen LogP contribution < -0.4 is 5.32 Å². The highest BCUT2D eigenvalue weighted by atomic mass is 32.2. The molecular formula is C22H27NOS. The van der Waals surface area contributed by atoms with Crippen molar-refractivity contribution in [2.75, 3.05) is 6.54 Å². The largest absolute Gasteiger partial charge is 0.355 e. The zero-order valence-electron chi connectivity index (χ0n) is 14.9. The van der Waals surface area contributed by atoms with Gasteiger partial charge in [0.2, 0.25) is 5.91 Å². The third-order valence-corrected chi connectivity index (χ3v) is 6.30. The lowest BCUT2D eigenvalue weighted by Gasteiger charge is -2.27. The first-order valence-electron chi connectivity index (χ1n) is 9.26. The van der Waals surface area contributed by atoms with E-state index in [1.54, 1.807) is 11.8 Å². The molecule has 0 bridgehead atoms. The number of rotatable bonds is 6. The second-order valence-electron chi connectivity index (χ2n) is 7.09. The number of hydrogen-bond acceptors (Lipinski definition) is 2. The van der Waals surface area contributed by atoms with Gasteiger partial charge in [0.1, 0.15) is 5.25 Å². The summed E-state index contributed by atoms with van der Waals surface area (Å²) in [5, 5.41) is 3.02. The first-order chi connectivity index (χ1) is 12.2. The van der Waals surface area contributed by atoms with Crippen LogP contribution in [-0.2, 0) is 4.79 Å². The molecule has 25 heavy (non-hydrogen) atoms. The number of thioether (sulfide) groups is 1. The van der Waals surface area contributed by atoms with Gasteiger partial charge in [-0.15, -0.1) is 11.8 Å². The molecule has 132 valence electrons. The van der Waals surface area contributed by atoms with Gasteiger partial charge in [-0.2, -0.15) is 0 Å². The number of benzene rings is 2. The standard InChI is InChI=1S/C22H27NOS/c1-17-12-14-18(15-13-17)16-23-22(24)21(19-8-4-2-5-9-19)25-20-10-6-3-7-11-20/h2-11,17-18,21H,12-16H2,1H3,(H,23,24). The van der Waals surface area contributed by atoms with E-state index >= 15 is 0 Å². The van der Waals surface area contributed by atoms with Crippen molar-refractivity contribution in [1.82, 2.24) is 5.32 Å². The van der Waals surface area contributed by atoms with Crippen molar-refractivity contribution < 1.29 is 4.79 Å². The van der Waals surface area contributed by atoms with Crippen molar-refractivity contribution in [1.29, 1.82) is 0 Å². The number of carbonyl (C=O) groups is 1. The lowest BCUT2D eigenvalue weighted by molar-refractivity contribution is -0.120. The van der Waals surface area contributed by atoms with E-state index in [0.717, 1.165) is 22.9 Å². The van der Waals surface area contributed by atoms with Crippen LogP contribution in [0.3, 0.4) is 0 Å². The lowest BCUT2D eigenvalue weighted by Crippen LogP contribution is -2.33. The monoisotopic (exact) mass is 353 g/mol. The Kier molecular flexibility index (Phi) is 6.57. The van der Waals surface area contributed by atoms with E-state index in [1.807, 2.05) is 48.5 Å². The van der Waals surface area contributed by atoms with Crippen molar-refractivity contribution in [3.05, 3.63) is 66.2 Å². The zero-order chi connectivity index (χ0) is 17.5. The molecule has 0 radical (unpaired) electrons. The predicted molar refractivity (Wildman–Crippen MR) is 106 cm³/mol. The lowest BCUT2D eigenvalue weighted by atomic mass is 9.83. The van der Waals surface area contributed by atoms with Crippen molar-refractivity contribution in [2.45, 2.75) is 42.8 Å². The van der Waals surface area contributed by atoms with Crippen LogP contribution in [0.4, 0.5) is 0 Å². The Balaban J connectivity index is 1.65. The summed E-state index contributed by atoms with van der Waals surface area (Å²) >= 11 is 1.62. The summed E-state index contributed by atoms with van der Waals surface area (Å²) in [7, 11) is 0. The van der Waals surface area contributed by atoms with Crippen molar-refractivity contribution in [2.24, 2.45) is 11.8 Å². The van der Waals surface area contributed by atoms with Crippen LogP contribution in [0.2, 0.25) is 0 Å². The van der Waals surface area contributed by atoms with Crippen molar-refractivity contribution >= 4 is 17.7 Å². The molecule has 1 aliphatic rings. The van der Waals surface area contributed by atoms with Crippen LogP contribution in [0.25, 0.3) is 0 Å². The van der Waals surface area contributed by atoms with Crippen LogP contribution in [0.5, 0.6) is 0 Å². The first kappa shape index (κ1) is 18.1. The first-order valence-corrected chi connectivity index (χ1v) is 10.1. The fraction of sp³-hybridized carbons (Fsp3) is 0.409. The smallest absolute Gasteiger partial charge is 0.238 e. The number of amides is 1. The molecule has 3 heteroatoms. The molecule has 0 saturated heterocycles. The highest BCUT2D eigenvalue weighted by Crippen LogP contribution is 2.35. The number of nitrogens with one attached hydrogen (secondary N) is 1. The molecule has 1 N–H and O–H groups in total. The Hall–Kier alpha value is -1.74. The van der Waals surface area contributed by atoms with Crippen LogP contribution in [-0.4, -0.2) is 12.5 Å². The normalized spacial score (nSPS) is 21.5. The molecule has 3 rings (SSSR count). The van der Waals surface area contributed by atoms with Gasteiger partial charge < -0.3 is 5.32 Å². The average molecular weight is 354 g/mol. The molecule has 1 aliphatic carbocycles. The third-order valence-electron chi connectivity index (χ3n) is 5.04. The van der Waals surface area contributed by atoms with E-state index < -0.39 is 0 Å². The predicted octanol–water partition coefficient (Wildman–Crippen LogP) is 5.46. The van der Waals surface area contributed by atoms with Gasteiger partial charge in [-0.25, -0.2) is 0 Å². The van der Waals surface area contributed by atoms with E-state index in [1.165, 1.54) is 25.7 Å². The molecule has 2 aromatic carbocycles. The van der Waals surface area contributed by atoms with Crippen LogP contribution in [0, 0.1) is 11.8 Å². The molecule has 0 aliphatic heterocycles. The number of carbonyl (C=O) groups excluding carboxylic acids is 1. The summed E-state index contributed by atoms with van der Waals surface area (Å²) in [4.78, 5) is 14.0. The quantitative estimate of drug-likeness (QED) is 0.698. The maximum atomic E-state index is 12.9. The van der Waals surface area contributed by atoms with Gasteiger partial charge in [0.05, 0.1) is 0 Å². The van der Waals surface area contributed by atoms with Gasteiger partial charge >= 0.3 is 0 Å². The van der Waals surface area contributed by atoms with Gasteiger partial charge in [-0.1, -0.05) is 68.3 Å². The van der Waals surface area contributed by atoms with Gasteiger partial charge in [-0.3, -0.25) is 4.79 Å². The maximum Gasteiger partial charge on any atom is 0.238 e. The second-order valence-corrected chi connectivity index (χ2v) is 8.27. The SMILES string of the molecule is CC1CCC(CNC(=O)C(Sc2ccccc2)c2ccccc2)CC1. The summed E-state index contributed by atoms with van der Waals surface area (Å²) in [5.74, 6) is 1.61. The molecule has 2 aromatic rings. The van der Waals surface area contributed by atoms with Gasteiger partial charge in [0.25, 0.3) is 0 Å². The second kappa shape index (κ2) is 9.10. The molecule has 0 spiro atoms. The Morgan fingerprint density at radius 1 is 1.00 bits per heavy atom. The van der Waals surface area contributed by atoms with Crippen molar-refractivity contribution in [3.8, 4) is 0 Å². The molecule has 1 atom stereocenters. The minimum absolute atomic E-state index is 0.124. The van der Waals surface area contributed by atoms with E-state index in [4.69, 9.17) is 0 Å². The summed E-state index contributed by atoms with van der Waals surface area (Å²) < 4.78 is 0. The summed E-state index contributed by atoms with van der Waals surface area (Å²) in [6, 6.07) is 20.3. The molecule has 1 amide bonds. The Labute approximate surface area is 155 Å². The average Bonchev–Trinajstić information content (AvgIpc) is 2.67. The molecule has 0 heterocycles. The van der Waals surface area contributed by atoms with Crippen LogP contribution in [0.1, 0.15) is 43.4 Å². The Morgan fingerprint density at radius 2 is 1.60 bits per heavy atom. The zero-order valence-corrected chi connectivity index (χ0v) is 15.7. The van der Waals surface area contributed by atoms with Crippen LogP contribution in [0.15, 0.2) is 65.6 Å². The van der Waals surface area contributed by atoms with E-state index in [2.05, 4.69) is 24.4 Å². The number of hydrogen-bond donors (Lipinski definition) is 1. The van der Waals surface area contributed by atoms with Gasteiger partial charge in [-0.05, 0) is 42.4 Å². The minimum Gasteiger partial charge on any atom is -0.355 e. The third kappa shape index (κ3) is 5.37. The molecule has 0 aromatic heterocycles. The summed E-state index contributed by atoms with van der Waals surface area (Å²) in [5.41, 5.74) is 1.06.